The van der Waals surface area contributed by atoms with Crippen molar-refractivity contribution in [1.29, 1.82) is 4.78 Å². The lowest BCUT2D eigenvalue weighted by atomic mass is 10.2. The highest BCUT2D eigenvalue weighted by atomic mass is 32.2. The highest BCUT2D eigenvalue weighted by molar-refractivity contribution is 7.91. The smallest absolute Gasteiger partial charge is 0.414 e. The van der Waals surface area contributed by atoms with Gasteiger partial charge in [0.2, 0.25) is 0 Å². The van der Waals surface area contributed by atoms with Crippen LogP contribution < -0.4 is 0 Å². The second-order valence-corrected chi connectivity index (χ2v) is 7.07. The quantitative estimate of drug-likeness (QED) is 0.510. The number of rotatable bonds is 3. The van der Waals surface area contributed by atoms with Crippen LogP contribution in [-0.2, 0) is 28.8 Å². The molecule has 0 rings (SSSR count). The highest BCUT2D eigenvalue weighted by Crippen LogP contribution is 2.08. The molecule has 8 nitrogen and oxygen atoms in total. The lowest BCUT2D eigenvalue weighted by Gasteiger charge is -2.19. The average Bonchev–Trinajstić information content (AvgIpc) is 2.11. The molecule has 3 N–H and O–H groups in total. The van der Waals surface area contributed by atoms with E-state index in [4.69, 9.17) is 29.3 Å². The van der Waals surface area contributed by atoms with Crippen molar-refractivity contribution in [2.24, 2.45) is 0 Å². The van der Waals surface area contributed by atoms with E-state index in [1.807, 2.05) is 0 Å². The maximum Gasteiger partial charge on any atom is 0.414 e. The average molecular weight is 297 g/mol. The molecule has 0 saturated heterocycles. The summed E-state index contributed by atoms with van der Waals surface area (Å²) in [5, 5.41) is 14.8. The minimum atomic E-state index is -2.58. The van der Waals surface area contributed by atoms with Gasteiger partial charge in [-0.1, -0.05) is 0 Å². The minimum Gasteiger partial charge on any atom is -0.473 e. The summed E-state index contributed by atoms with van der Waals surface area (Å²) in [4.78, 5) is 29.3. The number of esters is 1. The zero-order valence-electron chi connectivity index (χ0n) is 11.3. The summed E-state index contributed by atoms with van der Waals surface area (Å²) in [5.74, 6) is -3.97. The first kappa shape index (κ1) is 19.7. The number of hydrogen-bond donors (Lipinski definition) is 3. The molecule has 0 radical (unpaired) electrons. The Bertz CT molecular complexity index is 421. The van der Waals surface area contributed by atoms with Crippen LogP contribution in [0, 0.1) is 4.78 Å². The Morgan fingerprint density at radius 2 is 1.53 bits per heavy atom. The third-order valence-corrected chi connectivity index (χ3v) is 2.28. The number of nitrogens with one attached hydrogen (secondary N) is 1. The summed E-state index contributed by atoms with van der Waals surface area (Å²) in [6.07, 6.45) is 1.37. The van der Waals surface area contributed by atoms with Gasteiger partial charge < -0.3 is 14.9 Å². The molecule has 0 amide bonds. The first-order valence-electron chi connectivity index (χ1n) is 5.14. The molecule has 0 aliphatic heterocycles. The van der Waals surface area contributed by atoms with Crippen LogP contribution in [0.1, 0.15) is 27.2 Å². The van der Waals surface area contributed by atoms with E-state index in [2.05, 4.69) is 0 Å². The molecular weight excluding hydrogens is 278 g/mol. The van der Waals surface area contributed by atoms with E-state index in [0.29, 0.717) is 0 Å². The number of carboxylic acid groups (broad SMARTS) is 2. The van der Waals surface area contributed by atoms with E-state index in [1.165, 1.54) is 6.26 Å². The molecular formula is C10H19NO7S. The predicted molar refractivity (Wildman–Crippen MR) is 67.4 cm³/mol. The van der Waals surface area contributed by atoms with Crippen molar-refractivity contribution < 1.29 is 33.5 Å². The first-order chi connectivity index (χ1) is 8.24. The van der Waals surface area contributed by atoms with Crippen LogP contribution in [-0.4, -0.2) is 49.9 Å². The number of carboxylic acids is 2. The minimum absolute atomic E-state index is 0.0517. The van der Waals surface area contributed by atoms with Gasteiger partial charge in [-0.3, -0.25) is 13.8 Å². The Hall–Kier alpha value is -1.64. The van der Waals surface area contributed by atoms with Gasteiger partial charge >= 0.3 is 17.9 Å². The maximum atomic E-state index is 11.1. The fourth-order valence-electron chi connectivity index (χ4n) is 0.671. The van der Waals surface area contributed by atoms with Gasteiger partial charge in [0.1, 0.15) is 5.60 Å². The van der Waals surface area contributed by atoms with E-state index in [0.717, 1.165) is 0 Å². The fraction of sp³-hybridized carbons (Fsp3) is 0.700. The zero-order valence-corrected chi connectivity index (χ0v) is 12.1. The molecule has 1 atom stereocenters. The van der Waals surface area contributed by atoms with Crippen molar-refractivity contribution in [3.63, 3.8) is 0 Å². The Labute approximate surface area is 111 Å². The summed E-state index contributed by atoms with van der Waals surface area (Å²) in [6, 6.07) is 0. The number of carbonyl (C=O) groups is 3. The number of ether oxygens (including phenoxy) is 1. The van der Waals surface area contributed by atoms with Gasteiger partial charge in [-0.15, -0.1) is 0 Å². The molecule has 0 aliphatic rings. The molecule has 0 bridgehead atoms. The molecule has 112 valence electrons. The lowest BCUT2D eigenvalue weighted by molar-refractivity contribution is -0.159. The lowest BCUT2D eigenvalue weighted by Crippen LogP contribution is -2.25. The topological polar surface area (TPSA) is 142 Å². The molecule has 9 heteroatoms. The van der Waals surface area contributed by atoms with E-state index >= 15 is 0 Å². The number of carbonyl (C=O) groups excluding carboxylic acids is 1. The van der Waals surface area contributed by atoms with Gasteiger partial charge in [0.25, 0.3) is 0 Å². The van der Waals surface area contributed by atoms with Crippen LogP contribution in [0.15, 0.2) is 0 Å². The van der Waals surface area contributed by atoms with Gasteiger partial charge in [0, 0.05) is 21.7 Å². The van der Waals surface area contributed by atoms with Crippen LogP contribution in [0.25, 0.3) is 0 Å². The summed E-state index contributed by atoms with van der Waals surface area (Å²) < 4.78 is 23.0. The van der Waals surface area contributed by atoms with Crippen molar-refractivity contribution in [2.75, 3.05) is 12.0 Å². The molecule has 0 fully saturated rings. The van der Waals surface area contributed by atoms with E-state index in [1.54, 1.807) is 20.8 Å². The van der Waals surface area contributed by atoms with Crippen LogP contribution in [0.5, 0.6) is 0 Å². The summed E-state index contributed by atoms with van der Waals surface area (Å²) in [6.45, 7) is 5.32. The molecule has 1 unspecified atom stereocenters. The zero-order chi connectivity index (χ0) is 15.9. The Morgan fingerprint density at radius 1 is 1.16 bits per heavy atom. The fourth-order valence-corrected chi connectivity index (χ4v) is 1.23. The molecule has 19 heavy (non-hydrogen) atoms. The molecule has 0 aliphatic carbocycles. The third-order valence-electron chi connectivity index (χ3n) is 1.30. The summed E-state index contributed by atoms with van der Waals surface area (Å²) in [5.41, 5.74) is -0.506. The molecule has 0 aromatic heterocycles. The standard InChI is InChI=1S/C8H17NO3S.C2H2O4/c1-8(2,3)12-7(10)5-6-13(4,9)11;3-1(4)2(5)6/h9H,5-6H2,1-4H3;(H,3,4)(H,5,6). The number of aliphatic carboxylic acids is 2. The van der Waals surface area contributed by atoms with Crippen molar-refractivity contribution >= 4 is 27.6 Å². The van der Waals surface area contributed by atoms with Gasteiger partial charge in [0.15, 0.2) is 0 Å². The predicted octanol–water partition coefficient (Wildman–Crippen LogP) is 0.550. The van der Waals surface area contributed by atoms with Crippen molar-refractivity contribution in [2.45, 2.75) is 32.8 Å². The van der Waals surface area contributed by atoms with Gasteiger partial charge in [0.05, 0.1) is 6.42 Å². The Morgan fingerprint density at radius 3 is 1.74 bits per heavy atom. The third kappa shape index (κ3) is 18.9. The van der Waals surface area contributed by atoms with Crippen LogP contribution >= 0.6 is 0 Å². The molecule has 0 heterocycles. The normalized spacial score (nSPS) is 13.5. The summed E-state index contributed by atoms with van der Waals surface area (Å²) in [7, 11) is -2.58. The second-order valence-electron chi connectivity index (χ2n) is 4.66. The first-order valence-corrected chi connectivity index (χ1v) is 7.27. The summed E-state index contributed by atoms with van der Waals surface area (Å²) >= 11 is 0. The molecule has 0 spiro atoms. The van der Waals surface area contributed by atoms with Crippen molar-refractivity contribution in [1.82, 2.24) is 0 Å². The van der Waals surface area contributed by atoms with Crippen molar-refractivity contribution in [3.8, 4) is 0 Å². The van der Waals surface area contributed by atoms with Crippen LogP contribution in [0.2, 0.25) is 0 Å². The molecule has 0 saturated carbocycles. The molecule has 0 aromatic carbocycles. The van der Waals surface area contributed by atoms with Crippen molar-refractivity contribution in [3.05, 3.63) is 0 Å². The second kappa shape index (κ2) is 7.72. The van der Waals surface area contributed by atoms with E-state index < -0.39 is 33.2 Å². The van der Waals surface area contributed by atoms with Gasteiger partial charge in [-0.05, 0) is 20.8 Å². The number of hydrogen-bond acceptors (Lipinski definition) is 6. The highest BCUT2D eigenvalue weighted by Gasteiger charge is 2.16. The van der Waals surface area contributed by atoms with E-state index in [9.17, 15) is 9.00 Å². The Kier molecular flexibility index (Phi) is 8.00. The van der Waals surface area contributed by atoms with Gasteiger partial charge in [-0.2, -0.15) is 0 Å². The molecule has 0 aromatic rings. The Balaban J connectivity index is 0. The largest absolute Gasteiger partial charge is 0.473 e. The SMILES string of the molecule is CC(C)(C)OC(=O)CCS(C)(=N)=O.O=C(O)C(=O)O. The van der Waals surface area contributed by atoms with Crippen LogP contribution in [0.4, 0.5) is 0 Å². The van der Waals surface area contributed by atoms with Gasteiger partial charge in [-0.25, -0.2) is 9.59 Å². The van der Waals surface area contributed by atoms with Crippen LogP contribution in [0.3, 0.4) is 0 Å². The maximum absolute atomic E-state index is 11.1. The monoisotopic (exact) mass is 297 g/mol. The van der Waals surface area contributed by atoms with E-state index in [-0.39, 0.29) is 12.2 Å².